The molecule has 0 saturated carbocycles. The highest BCUT2D eigenvalue weighted by molar-refractivity contribution is 6.32. The van der Waals surface area contributed by atoms with Crippen LogP contribution in [0.3, 0.4) is 0 Å². The number of benzene rings is 2. The molecule has 2 aromatic carbocycles. The third kappa shape index (κ3) is 5.40. The SMILES string of the molecule is CCN(CC)CCCNC(=O)c1ccc2c(c1)NC(=O)/C(=C\c1ccccc1Cl)O2. The number of amides is 2. The van der Waals surface area contributed by atoms with E-state index in [0.717, 1.165) is 26.1 Å². The summed E-state index contributed by atoms with van der Waals surface area (Å²) >= 11 is 6.15. The highest BCUT2D eigenvalue weighted by atomic mass is 35.5. The molecule has 30 heavy (non-hydrogen) atoms. The molecular formula is C23H26ClN3O3. The lowest BCUT2D eigenvalue weighted by Gasteiger charge is -2.21. The fourth-order valence-corrected chi connectivity index (χ4v) is 3.37. The summed E-state index contributed by atoms with van der Waals surface area (Å²) in [6.45, 7) is 7.80. The molecule has 0 aliphatic carbocycles. The Bertz CT molecular complexity index is 954. The van der Waals surface area contributed by atoms with E-state index >= 15 is 0 Å². The van der Waals surface area contributed by atoms with Gasteiger partial charge in [-0.25, -0.2) is 0 Å². The fourth-order valence-electron chi connectivity index (χ4n) is 3.18. The van der Waals surface area contributed by atoms with Crippen LogP contribution in [0.25, 0.3) is 6.08 Å². The Hall–Kier alpha value is -2.83. The normalized spacial score (nSPS) is 14.3. The first-order valence-electron chi connectivity index (χ1n) is 10.1. The number of ether oxygens (including phenoxy) is 1. The summed E-state index contributed by atoms with van der Waals surface area (Å²) in [5.74, 6) is 0.0541. The van der Waals surface area contributed by atoms with Gasteiger partial charge in [0.1, 0.15) is 0 Å². The van der Waals surface area contributed by atoms with Crippen LogP contribution in [0.5, 0.6) is 5.75 Å². The maximum Gasteiger partial charge on any atom is 0.291 e. The van der Waals surface area contributed by atoms with Gasteiger partial charge in [-0.05, 0) is 62.0 Å². The lowest BCUT2D eigenvalue weighted by Crippen LogP contribution is -2.30. The molecule has 0 fully saturated rings. The van der Waals surface area contributed by atoms with Crippen LogP contribution in [0.4, 0.5) is 5.69 Å². The van der Waals surface area contributed by atoms with Crippen LogP contribution in [0.15, 0.2) is 48.2 Å². The summed E-state index contributed by atoms with van der Waals surface area (Å²) in [6.07, 6.45) is 2.48. The number of fused-ring (bicyclic) bond motifs is 1. The van der Waals surface area contributed by atoms with Crippen molar-refractivity contribution in [3.05, 3.63) is 64.4 Å². The van der Waals surface area contributed by atoms with Crippen molar-refractivity contribution in [2.45, 2.75) is 20.3 Å². The zero-order valence-corrected chi connectivity index (χ0v) is 18.0. The number of anilines is 1. The second-order valence-electron chi connectivity index (χ2n) is 6.93. The Labute approximate surface area is 181 Å². The van der Waals surface area contributed by atoms with E-state index in [1.165, 1.54) is 0 Å². The molecule has 7 heteroatoms. The van der Waals surface area contributed by atoms with Gasteiger partial charge in [-0.15, -0.1) is 0 Å². The van der Waals surface area contributed by atoms with Crippen LogP contribution in [0.1, 0.15) is 36.2 Å². The maximum atomic E-state index is 12.4. The fraction of sp³-hybridized carbons (Fsp3) is 0.304. The number of halogens is 1. The molecule has 0 saturated heterocycles. The number of rotatable bonds is 8. The van der Waals surface area contributed by atoms with Crippen molar-refractivity contribution >= 4 is 35.2 Å². The molecular weight excluding hydrogens is 402 g/mol. The van der Waals surface area contributed by atoms with Crippen LogP contribution >= 0.6 is 11.6 Å². The number of hydrogen-bond donors (Lipinski definition) is 2. The molecule has 2 amide bonds. The van der Waals surface area contributed by atoms with Gasteiger partial charge >= 0.3 is 0 Å². The summed E-state index contributed by atoms with van der Waals surface area (Å²) < 4.78 is 5.74. The standard InChI is InChI=1S/C23H26ClN3O3/c1-3-27(4-2)13-7-12-25-22(28)17-10-11-20-19(14-17)26-23(29)21(30-20)15-16-8-5-6-9-18(16)24/h5-6,8-11,14-15H,3-4,7,12-13H2,1-2H3,(H,25,28)(H,26,29)/b21-15+. The largest absolute Gasteiger partial charge is 0.449 e. The van der Waals surface area contributed by atoms with Gasteiger partial charge in [-0.3, -0.25) is 9.59 Å². The van der Waals surface area contributed by atoms with Gasteiger partial charge in [0, 0.05) is 17.1 Å². The van der Waals surface area contributed by atoms with E-state index in [0.29, 0.717) is 34.1 Å². The highest BCUT2D eigenvalue weighted by Gasteiger charge is 2.23. The Kier molecular flexibility index (Phi) is 7.49. The molecule has 0 unspecified atom stereocenters. The molecule has 0 bridgehead atoms. The van der Waals surface area contributed by atoms with Crippen LogP contribution in [-0.4, -0.2) is 42.9 Å². The van der Waals surface area contributed by atoms with E-state index < -0.39 is 0 Å². The van der Waals surface area contributed by atoms with Gasteiger partial charge in [0.05, 0.1) is 5.69 Å². The van der Waals surface area contributed by atoms with Gasteiger partial charge in [0.2, 0.25) is 0 Å². The Morgan fingerprint density at radius 3 is 2.70 bits per heavy atom. The number of nitrogens with zero attached hydrogens (tertiary/aromatic N) is 1. The second kappa shape index (κ2) is 10.3. The van der Waals surface area contributed by atoms with Crippen LogP contribution < -0.4 is 15.4 Å². The first-order valence-corrected chi connectivity index (χ1v) is 10.5. The zero-order chi connectivity index (χ0) is 21.5. The third-order valence-corrected chi connectivity index (χ3v) is 5.30. The van der Waals surface area contributed by atoms with Crippen LogP contribution in [-0.2, 0) is 4.79 Å². The Balaban J connectivity index is 1.64. The second-order valence-corrected chi connectivity index (χ2v) is 7.34. The zero-order valence-electron chi connectivity index (χ0n) is 17.2. The third-order valence-electron chi connectivity index (χ3n) is 4.96. The average molecular weight is 428 g/mol. The van der Waals surface area contributed by atoms with Crippen LogP contribution in [0, 0.1) is 0 Å². The Morgan fingerprint density at radius 1 is 1.20 bits per heavy atom. The number of carbonyl (C=O) groups excluding carboxylic acids is 2. The minimum absolute atomic E-state index is 0.143. The molecule has 1 aliphatic heterocycles. The van der Waals surface area contributed by atoms with Gasteiger partial charge in [-0.1, -0.05) is 43.6 Å². The monoisotopic (exact) mass is 427 g/mol. The van der Waals surface area contributed by atoms with Crippen molar-refractivity contribution in [1.29, 1.82) is 0 Å². The predicted octanol–water partition coefficient (Wildman–Crippen LogP) is 4.17. The molecule has 2 N–H and O–H groups in total. The minimum Gasteiger partial charge on any atom is -0.449 e. The smallest absolute Gasteiger partial charge is 0.291 e. The summed E-state index contributed by atoms with van der Waals surface area (Å²) in [7, 11) is 0. The van der Waals surface area contributed by atoms with Crippen molar-refractivity contribution in [3.8, 4) is 5.75 Å². The maximum absolute atomic E-state index is 12.4. The van der Waals surface area contributed by atoms with Gasteiger partial charge in [0.25, 0.3) is 11.8 Å². The minimum atomic E-state index is -0.390. The topological polar surface area (TPSA) is 70.7 Å². The summed E-state index contributed by atoms with van der Waals surface area (Å²) in [6, 6.07) is 12.2. The molecule has 1 heterocycles. The van der Waals surface area contributed by atoms with E-state index in [2.05, 4.69) is 29.4 Å². The Morgan fingerprint density at radius 2 is 1.97 bits per heavy atom. The summed E-state index contributed by atoms with van der Waals surface area (Å²) in [4.78, 5) is 27.2. The number of nitrogens with one attached hydrogen (secondary N) is 2. The van der Waals surface area contributed by atoms with Crippen molar-refractivity contribution in [1.82, 2.24) is 10.2 Å². The summed E-state index contributed by atoms with van der Waals surface area (Å²) in [5.41, 5.74) is 1.62. The first-order chi connectivity index (χ1) is 14.5. The van der Waals surface area contributed by atoms with Crippen molar-refractivity contribution in [2.24, 2.45) is 0 Å². The molecule has 0 spiro atoms. The van der Waals surface area contributed by atoms with E-state index in [-0.39, 0.29) is 17.6 Å². The number of carbonyl (C=O) groups is 2. The van der Waals surface area contributed by atoms with E-state index in [9.17, 15) is 9.59 Å². The highest BCUT2D eigenvalue weighted by Crippen LogP contribution is 2.33. The molecule has 1 aliphatic rings. The average Bonchev–Trinajstić information content (AvgIpc) is 2.75. The lowest BCUT2D eigenvalue weighted by molar-refractivity contribution is -0.115. The van der Waals surface area contributed by atoms with E-state index in [1.807, 2.05) is 12.1 Å². The molecule has 2 aromatic rings. The lowest BCUT2D eigenvalue weighted by atomic mass is 10.1. The summed E-state index contributed by atoms with van der Waals surface area (Å²) in [5, 5.41) is 6.23. The molecule has 0 radical (unpaired) electrons. The van der Waals surface area contributed by atoms with E-state index in [1.54, 1.807) is 36.4 Å². The predicted molar refractivity (Wildman–Crippen MR) is 120 cm³/mol. The van der Waals surface area contributed by atoms with Gasteiger partial charge in [0.15, 0.2) is 11.5 Å². The first kappa shape index (κ1) is 21.9. The molecule has 158 valence electrons. The van der Waals surface area contributed by atoms with Crippen molar-refractivity contribution in [3.63, 3.8) is 0 Å². The molecule has 6 nitrogen and oxygen atoms in total. The van der Waals surface area contributed by atoms with Gasteiger partial charge < -0.3 is 20.3 Å². The quantitative estimate of drug-likeness (QED) is 0.490. The van der Waals surface area contributed by atoms with Crippen LogP contribution in [0.2, 0.25) is 5.02 Å². The molecule has 0 aromatic heterocycles. The molecule has 3 rings (SSSR count). The van der Waals surface area contributed by atoms with E-state index in [4.69, 9.17) is 16.3 Å². The van der Waals surface area contributed by atoms with Crippen molar-refractivity contribution < 1.29 is 14.3 Å². The van der Waals surface area contributed by atoms with Gasteiger partial charge in [-0.2, -0.15) is 0 Å². The van der Waals surface area contributed by atoms with Crippen molar-refractivity contribution in [2.75, 3.05) is 31.5 Å². The molecule has 0 atom stereocenters. The number of hydrogen-bond acceptors (Lipinski definition) is 4.